The molecule has 0 spiro atoms. The summed E-state index contributed by atoms with van der Waals surface area (Å²) in [5, 5.41) is 5.75. The first-order chi connectivity index (χ1) is 12.7. The van der Waals surface area contributed by atoms with E-state index in [4.69, 9.17) is 26.8 Å². The van der Waals surface area contributed by atoms with Crippen LogP contribution >= 0.6 is 24.0 Å². The maximum Gasteiger partial charge on any atom is 0.252 e. The minimum Gasteiger partial charge on any atom is -0.383 e. The predicted molar refractivity (Wildman–Crippen MR) is 112 cm³/mol. The molecule has 2 atom stereocenters. The molecule has 2 unspecified atom stereocenters. The molecular weight excluding hydrogens is 405 g/mol. The van der Waals surface area contributed by atoms with Gasteiger partial charge in [-0.2, -0.15) is 0 Å². The summed E-state index contributed by atoms with van der Waals surface area (Å²) in [4.78, 5) is 24.9. The number of anilines is 1. The molecule has 0 aromatic heterocycles. The SMILES string of the molecule is CCOC1CC(N)(C(=O)Nc2ccc(C(=O)NCCOC)c(Cl)c2)C1(C)C.Cl. The Kier molecular flexibility index (Phi) is 8.71. The normalized spacial score (nSPS) is 22.6. The number of carbonyl (C=O) groups excluding carboxylic acids is 2. The summed E-state index contributed by atoms with van der Waals surface area (Å²) in [6.07, 6.45) is 0.396. The summed E-state index contributed by atoms with van der Waals surface area (Å²) in [6, 6.07) is 4.74. The van der Waals surface area contributed by atoms with Crippen molar-refractivity contribution in [2.75, 3.05) is 32.2 Å². The highest BCUT2D eigenvalue weighted by Gasteiger charge is 2.62. The van der Waals surface area contributed by atoms with E-state index in [1.54, 1.807) is 25.3 Å². The third-order valence-electron chi connectivity index (χ3n) is 5.30. The van der Waals surface area contributed by atoms with Crippen LogP contribution in [-0.2, 0) is 14.3 Å². The Balaban J connectivity index is 0.00000392. The largest absolute Gasteiger partial charge is 0.383 e. The first-order valence-corrected chi connectivity index (χ1v) is 9.33. The highest BCUT2D eigenvalue weighted by molar-refractivity contribution is 6.34. The predicted octanol–water partition coefficient (Wildman–Crippen LogP) is 2.61. The maximum atomic E-state index is 12.8. The van der Waals surface area contributed by atoms with Crippen molar-refractivity contribution in [1.29, 1.82) is 0 Å². The van der Waals surface area contributed by atoms with Gasteiger partial charge in [0, 0.05) is 37.8 Å². The van der Waals surface area contributed by atoms with Gasteiger partial charge in [0.1, 0.15) is 5.54 Å². The van der Waals surface area contributed by atoms with Gasteiger partial charge in [0.2, 0.25) is 5.91 Å². The second-order valence-electron chi connectivity index (χ2n) is 7.24. The first-order valence-electron chi connectivity index (χ1n) is 8.96. The lowest BCUT2D eigenvalue weighted by Crippen LogP contribution is -2.74. The van der Waals surface area contributed by atoms with Gasteiger partial charge in [-0.05, 0) is 25.1 Å². The van der Waals surface area contributed by atoms with E-state index in [1.807, 2.05) is 20.8 Å². The molecule has 4 N–H and O–H groups in total. The van der Waals surface area contributed by atoms with Gasteiger partial charge in [0.15, 0.2) is 0 Å². The molecule has 158 valence electrons. The molecule has 1 aromatic rings. The summed E-state index contributed by atoms with van der Waals surface area (Å²) >= 11 is 6.21. The van der Waals surface area contributed by atoms with Gasteiger partial charge in [-0.3, -0.25) is 9.59 Å². The molecule has 2 amide bonds. The summed E-state index contributed by atoms with van der Waals surface area (Å²) in [5.74, 6) is -0.596. The molecule has 9 heteroatoms. The quantitative estimate of drug-likeness (QED) is 0.546. The number of hydrogen-bond donors (Lipinski definition) is 3. The zero-order valence-corrected chi connectivity index (χ0v) is 18.2. The molecule has 0 saturated heterocycles. The van der Waals surface area contributed by atoms with Crippen molar-refractivity contribution in [3.05, 3.63) is 28.8 Å². The van der Waals surface area contributed by atoms with Crippen LogP contribution in [0.1, 0.15) is 37.6 Å². The number of carbonyl (C=O) groups is 2. The van der Waals surface area contributed by atoms with Crippen LogP contribution in [0.15, 0.2) is 18.2 Å². The standard InChI is InChI=1S/C19H28ClN3O4.ClH/c1-5-27-15-11-19(21,18(15,2)3)17(25)23-12-6-7-13(14(20)10-12)16(24)22-8-9-26-4;/h6-7,10,15H,5,8-9,11,21H2,1-4H3,(H,22,24)(H,23,25);1H. The third-order valence-corrected chi connectivity index (χ3v) is 5.61. The summed E-state index contributed by atoms with van der Waals surface area (Å²) < 4.78 is 10.5. The number of nitrogens with one attached hydrogen (secondary N) is 2. The Labute approximate surface area is 177 Å². The highest BCUT2D eigenvalue weighted by Crippen LogP contribution is 2.50. The van der Waals surface area contributed by atoms with Gasteiger partial charge in [-0.15, -0.1) is 12.4 Å². The van der Waals surface area contributed by atoms with E-state index in [2.05, 4.69) is 10.6 Å². The van der Waals surface area contributed by atoms with Crippen molar-refractivity contribution in [1.82, 2.24) is 5.32 Å². The molecule has 2 rings (SSSR count). The van der Waals surface area contributed by atoms with Gasteiger partial charge in [-0.1, -0.05) is 25.4 Å². The molecule has 1 fully saturated rings. The number of benzene rings is 1. The van der Waals surface area contributed by atoms with Crippen LogP contribution < -0.4 is 16.4 Å². The van der Waals surface area contributed by atoms with E-state index in [0.29, 0.717) is 37.4 Å². The Bertz CT molecular complexity index is 714. The molecular formula is C19H29Cl2N3O4. The fourth-order valence-corrected chi connectivity index (χ4v) is 3.47. The minimum atomic E-state index is -1.03. The molecule has 1 saturated carbocycles. The summed E-state index contributed by atoms with van der Waals surface area (Å²) in [6.45, 7) is 7.15. The molecule has 0 aliphatic heterocycles. The van der Waals surface area contributed by atoms with Crippen molar-refractivity contribution in [3.8, 4) is 0 Å². The average Bonchev–Trinajstić information content (AvgIpc) is 2.61. The van der Waals surface area contributed by atoms with Crippen molar-refractivity contribution in [2.45, 2.75) is 38.8 Å². The number of methoxy groups -OCH3 is 1. The van der Waals surface area contributed by atoms with Crippen LogP contribution in [0.5, 0.6) is 0 Å². The number of halogens is 2. The smallest absolute Gasteiger partial charge is 0.252 e. The molecule has 0 bridgehead atoms. The molecule has 1 aliphatic rings. The second kappa shape index (κ2) is 9.89. The fourth-order valence-electron chi connectivity index (χ4n) is 3.20. The Morgan fingerprint density at radius 1 is 1.36 bits per heavy atom. The monoisotopic (exact) mass is 433 g/mol. The van der Waals surface area contributed by atoms with E-state index in [0.717, 1.165) is 0 Å². The molecule has 28 heavy (non-hydrogen) atoms. The molecule has 1 aliphatic carbocycles. The average molecular weight is 434 g/mol. The van der Waals surface area contributed by atoms with Crippen molar-refractivity contribution in [2.24, 2.45) is 11.1 Å². The Morgan fingerprint density at radius 3 is 2.57 bits per heavy atom. The molecule has 0 radical (unpaired) electrons. The number of nitrogens with two attached hydrogens (primary N) is 1. The Morgan fingerprint density at radius 2 is 2.04 bits per heavy atom. The van der Waals surface area contributed by atoms with Crippen LogP contribution in [0.4, 0.5) is 5.69 Å². The number of hydrogen-bond acceptors (Lipinski definition) is 5. The maximum absolute atomic E-state index is 12.8. The Hall–Kier alpha value is -1.38. The lowest BCUT2D eigenvalue weighted by atomic mass is 9.54. The van der Waals surface area contributed by atoms with E-state index < -0.39 is 11.0 Å². The zero-order chi connectivity index (χ0) is 20.2. The topological polar surface area (TPSA) is 103 Å². The minimum absolute atomic E-state index is 0. The van der Waals surface area contributed by atoms with Crippen molar-refractivity contribution >= 4 is 41.5 Å². The van der Waals surface area contributed by atoms with Gasteiger partial charge in [0.25, 0.3) is 5.91 Å². The second-order valence-corrected chi connectivity index (χ2v) is 7.65. The summed E-state index contributed by atoms with van der Waals surface area (Å²) in [5.41, 5.74) is 5.67. The van der Waals surface area contributed by atoms with Crippen LogP contribution in [0.2, 0.25) is 5.02 Å². The van der Waals surface area contributed by atoms with Crippen LogP contribution in [-0.4, -0.2) is 50.3 Å². The summed E-state index contributed by atoms with van der Waals surface area (Å²) in [7, 11) is 1.56. The zero-order valence-electron chi connectivity index (χ0n) is 16.6. The van der Waals surface area contributed by atoms with Crippen LogP contribution in [0, 0.1) is 5.41 Å². The van der Waals surface area contributed by atoms with Gasteiger partial charge in [0.05, 0.1) is 23.3 Å². The lowest BCUT2D eigenvalue weighted by Gasteiger charge is -2.57. The van der Waals surface area contributed by atoms with Crippen LogP contribution in [0.3, 0.4) is 0 Å². The molecule has 7 nitrogen and oxygen atoms in total. The van der Waals surface area contributed by atoms with Crippen LogP contribution in [0.25, 0.3) is 0 Å². The van der Waals surface area contributed by atoms with Gasteiger partial charge >= 0.3 is 0 Å². The third kappa shape index (κ3) is 4.78. The van der Waals surface area contributed by atoms with E-state index in [1.165, 1.54) is 0 Å². The number of ether oxygens (including phenoxy) is 2. The lowest BCUT2D eigenvalue weighted by molar-refractivity contribution is -0.166. The van der Waals surface area contributed by atoms with E-state index in [-0.39, 0.29) is 35.3 Å². The first kappa shape index (κ1) is 24.7. The van der Waals surface area contributed by atoms with Crippen molar-refractivity contribution < 1.29 is 19.1 Å². The van der Waals surface area contributed by atoms with Gasteiger partial charge < -0.3 is 25.8 Å². The van der Waals surface area contributed by atoms with E-state index in [9.17, 15) is 9.59 Å². The van der Waals surface area contributed by atoms with Gasteiger partial charge in [-0.25, -0.2) is 0 Å². The molecule has 1 aromatic carbocycles. The highest BCUT2D eigenvalue weighted by atomic mass is 35.5. The molecule has 0 heterocycles. The number of rotatable bonds is 8. The van der Waals surface area contributed by atoms with Crippen molar-refractivity contribution in [3.63, 3.8) is 0 Å². The number of amides is 2. The van der Waals surface area contributed by atoms with E-state index >= 15 is 0 Å². The fraction of sp³-hybridized carbons (Fsp3) is 0.579.